The summed E-state index contributed by atoms with van der Waals surface area (Å²) in [4.78, 5) is 16.9. The summed E-state index contributed by atoms with van der Waals surface area (Å²) in [5.74, 6) is -1.13. The van der Waals surface area contributed by atoms with E-state index in [-0.39, 0.29) is 11.7 Å². The number of halogens is 2. The van der Waals surface area contributed by atoms with Crippen molar-refractivity contribution in [2.24, 2.45) is 4.99 Å². The molecule has 1 heterocycles. The van der Waals surface area contributed by atoms with Crippen LogP contribution < -0.4 is 5.32 Å². The Hall–Kier alpha value is -2.99. The highest BCUT2D eigenvalue weighted by molar-refractivity contribution is 6.30. The van der Waals surface area contributed by atoms with Crippen LogP contribution in [0.1, 0.15) is 17.4 Å². The summed E-state index contributed by atoms with van der Waals surface area (Å²) in [7, 11) is 0. The van der Waals surface area contributed by atoms with Gasteiger partial charge in [-0.05, 0) is 55.5 Å². The van der Waals surface area contributed by atoms with Gasteiger partial charge in [-0.25, -0.2) is 4.39 Å². The van der Waals surface area contributed by atoms with Crippen LogP contribution in [0.2, 0.25) is 5.02 Å². The van der Waals surface area contributed by atoms with Gasteiger partial charge in [0.05, 0.1) is 11.4 Å². The van der Waals surface area contributed by atoms with Crippen LogP contribution in [-0.4, -0.2) is 17.3 Å². The normalized spacial score (nSPS) is 12.3. The minimum Gasteiger partial charge on any atom is -0.360 e. The van der Waals surface area contributed by atoms with Gasteiger partial charge in [-0.2, -0.15) is 0 Å². The highest BCUT2D eigenvalue weighted by Crippen LogP contribution is 2.21. The van der Waals surface area contributed by atoms with Crippen molar-refractivity contribution in [1.29, 1.82) is 0 Å². The second-order valence-corrected chi connectivity index (χ2v) is 6.04. The lowest BCUT2D eigenvalue weighted by Crippen LogP contribution is -2.22. The zero-order valence-corrected chi connectivity index (χ0v) is 14.6. The molecule has 0 spiro atoms. The third-order valence-electron chi connectivity index (χ3n) is 3.55. The van der Waals surface area contributed by atoms with Crippen LogP contribution in [0.5, 0.6) is 0 Å². The average molecular weight is 372 g/mol. The van der Waals surface area contributed by atoms with Gasteiger partial charge in [0.15, 0.2) is 5.76 Å². The molecule has 132 valence electrons. The molecule has 2 aromatic carbocycles. The number of rotatable bonds is 5. The summed E-state index contributed by atoms with van der Waals surface area (Å²) < 4.78 is 18.2. The molecule has 1 N–H and O–H groups in total. The molecule has 1 amide bonds. The maximum atomic E-state index is 13.0. The van der Waals surface area contributed by atoms with Gasteiger partial charge in [0, 0.05) is 23.0 Å². The molecule has 1 unspecified atom stereocenters. The fourth-order valence-corrected chi connectivity index (χ4v) is 2.37. The van der Waals surface area contributed by atoms with Gasteiger partial charge in [0.1, 0.15) is 11.7 Å². The fourth-order valence-electron chi connectivity index (χ4n) is 2.24. The summed E-state index contributed by atoms with van der Waals surface area (Å²) in [6.07, 6.45) is 1.44. The van der Waals surface area contributed by atoms with Crippen molar-refractivity contribution >= 4 is 35.1 Å². The number of amides is 1. The first kappa shape index (κ1) is 17.8. The highest BCUT2D eigenvalue weighted by atomic mass is 35.5. The number of anilines is 1. The Kier molecular flexibility index (Phi) is 5.43. The number of hydrogen-bond acceptors (Lipinski definition) is 4. The summed E-state index contributed by atoms with van der Waals surface area (Å²) in [5.41, 5.74) is 1.77. The molecule has 1 aromatic heterocycles. The third kappa shape index (κ3) is 4.55. The van der Waals surface area contributed by atoms with E-state index in [1.54, 1.807) is 37.3 Å². The van der Waals surface area contributed by atoms with Gasteiger partial charge in [0.25, 0.3) is 0 Å². The standard InChI is InChI=1S/C19H15ClFN3O2/c1-12-10-18(26-24-12)17(11-22-15-8-4-14(21)5-9-15)19(25)23-16-6-2-13(20)3-7-16/h2-11,17H,1H3,(H,23,25). The number of nitrogens with zero attached hydrogens (tertiary/aromatic N) is 2. The van der Waals surface area contributed by atoms with E-state index in [9.17, 15) is 9.18 Å². The van der Waals surface area contributed by atoms with Crippen molar-refractivity contribution in [3.63, 3.8) is 0 Å². The maximum Gasteiger partial charge on any atom is 0.240 e. The molecule has 0 bridgehead atoms. The molecular weight excluding hydrogens is 357 g/mol. The predicted molar refractivity (Wildman–Crippen MR) is 98.6 cm³/mol. The van der Waals surface area contributed by atoms with Crippen LogP contribution in [0.4, 0.5) is 15.8 Å². The van der Waals surface area contributed by atoms with Gasteiger partial charge in [-0.1, -0.05) is 16.8 Å². The zero-order valence-electron chi connectivity index (χ0n) is 13.8. The van der Waals surface area contributed by atoms with E-state index in [2.05, 4.69) is 15.5 Å². The molecule has 3 rings (SSSR count). The van der Waals surface area contributed by atoms with Crippen molar-refractivity contribution < 1.29 is 13.7 Å². The van der Waals surface area contributed by atoms with Crippen LogP contribution in [-0.2, 0) is 4.79 Å². The molecule has 0 aliphatic rings. The number of hydrogen-bond donors (Lipinski definition) is 1. The molecule has 5 nitrogen and oxygen atoms in total. The fraction of sp³-hybridized carbons (Fsp3) is 0.105. The Morgan fingerprint density at radius 3 is 2.54 bits per heavy atom. The molecule has 0 fully saturated rings. The van der Waals surface area contributed by atoms with Crippen LogP contribution in [0, 0.1) is 12.7 Å². The zero-order chi connectivity index (χ0) is 18.5. The minimum atomic E-state index is -0.795. The van der Waals surface area contributed by atoms with Crippen LogP contribution in [0.3, 0.4) is 0 Å². The molecule has 26 heavy (non-hydrogen) atoms. The van der Waals surface area contributed by atoms with Crippen molar-refractivity contribution in [3.05, 3.63) is 76.9 Å². The smallest absolute Gasteiger partial charge is 0.240 e. The molecule has 7 heteroatoms. The number of nitrogens with one attached hydrogen (secondary N) is 1. The first-order valence-corrected chi connectivity index (χ1v) is 8.18. The molecule has 0 aliphatic carbocycles. The monoisotopic (exact) mass is 371 g/mol. The van der Waals surface area contributed by atoms with E-state index in [0.717, 1.165) is 0 Å². The van der Waals surface area contributed by atoms with Gasteiger partial charge in [0.2, 0.25) is 5.91 Å². The SMILES string of the molecule is Cc1cc(C(C=Nc2ccc(F)cc2)C(=O)Nc2ccc(Cl)cc2)on1. The number of aryl methyl sites for hydroxylation is 1. The Morgan fingerprint density at radius 2 is 1.92 bits per heavy atom. The quantitative estimate of drug-likeness (QED) is 0.648. The van der Waals surface area contributed by atoms with E-state index >= 15 is 0 Å². The number of benzene rings is 2. The average Bonchev–Trinajstić information content (AvgIpc) is 3.05. The summed E-state index contributed by atoms with van der Waals surface area (Å²) in [6.45, 7) is 1.76. The molecule has 0 radical (unpaired) electrons. The third-order valence-corrected chi connectivity index (χ3v) is 3.80. The number of aliphatic imine (C=N–C) groups is 1. The summed E-state index contributed by atoms with van der Waals surface area (Å²) >= 11 is 5.85. The lowest BCUT2D eigenvalue weighted by Gasteiger charge is -2.10. The topological polar surface area (TPSA) is 67.5 Å². The van der Waals surface area contributed by atoms with Gasteiger partial charge < -0.3 is 9.84 Å². The van der Waals surface area contributed by atoms with Crippen molar-refractivity contribution in [3.8, 4) is 0 Å². The van der Waals surface area contributed by atoms with E-state index in [4.69, 9.17) is 16.1 Å². The maximum absolute atomic E-state index is 13.0. The number of aromatic nitrogens is 1. The Morgan fingerprint density at radius 1 is 1.23 bits per heavy atom. The highest BCUT2D eigenvalue weighted by Gasteiger charge is 2.23. The van der Waals surface area contributed by atoms with Gasteiger partial charge in [-0.3, -0.25) is 9.79 Å². The van der Waals surface area contributed by atoms with Crippen LogP contribution in [0.15, 0.2) is 64.1 Å². The first-order chi connectivity index (χ1) is 12.5. The predicted octanol–water partition coefficient (Wildman–Crippen LogP) is 4.90. The van der Waals surface area contributed by atoms with Crippen LogP contribution in [0.25, 0.3) is 0 Å². The van der Waals surface area contributed by atoms with Crippen molar-refractivity contribution in [2.75, 3.05) is 5.32 Å². The summed E-state index contributed by atoms with van der Waals surface area (Å²) in [5, 5.41) is 7.18. The summed E-state index contributed by atoms with van der Waals surface area (Å²) in [6, 6.07) is 14.1. The Bertz CT molecular complexity index is 921. The Balaban J connectivity index is 1.84. The van der Waals surface area contributed by atoms with Gasteiger partial charge in [-0.15, -0.1) is 0 Å². The van der Waals surface area contributed by atoms with Crippen molar-refractivity contribution in [1.82, 2.24) is 5.16 Å². The van der Waals surface area contributed by atoms with Crippen LogP contribution >= 0.6 is 11.6 Å². The molecule has 3 aromatic rings. The molecule has 0 saturated heterocycles. The van der Waals surface area contributed by atoms with E-state index in [1.807, 2.05) is 0 Å². The lowest BCUT2D eigenvalue weighted by atomic mass is 10.1. The van der Waals surface area contributed by atoms with Gasteiger partial charge >= 0.3 is 0 Å². The Labute approximate surface area is 154 Å². The largest absolute Gasteiger partial charge is 0.360 e. The second kappa shape index (κ2) is 7.93. The van der Waals surface area contributed by atoms with E-state index in [1.165, 1.54) is 30.5 Å². The number of carbonyl (C=O) groups excluding carboxylic acids is 1. The molecule has 0 saturated carbocycles. The van der Waals surface area contributed by atoms with Crippen molar-refractivity contribution in [2.45, 2.75) is 12.8 Å². The molecule has 1 atom stereocenters. The lowest BCUT2D eigenvalue weighted by molar-refractivity contribution is -0.116. The minimum absolute atomic E-state index is 0.339. The molecular formula is C19H15ClFN3O2. The number of carbonyl (C=O) groups is 1. The molecule has 0 aliphatic heterocycles. The van der Waals surface area contributed by atoms with E-state index < -0.39 is 5.92 Å². The van der Waals surface area contributed by atoms with E-state index in [0.29, 0.717) is 27.9 Å². The second-order valence-electron chi connectivity index (χ2n) is 5.60. The first-order valence-electron chi connectivity index (χ1n) is 7.80.